The Balaban J connectivity index is 2.12. The highest BCUT2D eigenvalue weighted by molar-refractivity contribution is 6.23. The summed E-state index contributed by atoms with van der Waals surface area (Å²) in [5, 5.41) is 0. The molecule has 2 N–H and O–H groups in total. The predicted molar refractivity (Wildman–Crippen MR) is 94.0 cm³/mol. The van der Waals surface area contributed by atoms with Crippen molar-refractivity contribution in [2.45, 2.75) is 25.9 Å². The van der Waals surface area contributed by atoms with Gasteiger partial charge in [0.2, 0.25) is 5.82 Å². The van der Waals surface area contributed by atoms with E-state index >= 15 is 0 Å². The van der Waals surface area contributed by atoms with Crippen LogP contribution in [0.25, 0.3) is 0 Å². The van der Waals surface area contributed by atoms with Crippen molar-refractivity contribution in [1.29, 1.82) is 0 Å². The summed E-state index contributed by atoms with van der Waals surface area (Å²) in [6.45, 7) is 2.83. The van der Waals surface area contributed by atoms with Crippen LogP contribution >= 0.6 is 0 Å². The summed E-state index contributed by atoms with van der Waals surface area (Å²) in [5.74, 6) is -6.56. The van der Waals surface area contributed by atoms with Crippen LogP contribution in [0.3, 0.4) is 0 Å². The smallest absolute Gasteiger partial charge is 0.332 e. The number of carbonyl (C=O) groups is 2. The lowest BCUT2D eigenvalue weighted by Gasteiger charge is -2.27. The van der Waals surface area contributed by atoms with Gasteiger partial charge in [0.15, 0.2) is 17.4 Å². The van der Waals surface area contributed by atoms with Gasteiger partial charge in [0.05, 0.1) is 7.11 Å². The Hall–Kier alpha value is -3.30. The van der Waals surface area contributed by atoms with Crippen LogP contribution in [0.2, 0.25) is 0 Å². The number of hydrogen-bond donors (Lipinski definition) is 1. The quantitative estimate of drug-likeness (QED) is 0.489. The number of nitrogen functional groups attached to an aromatic ring is 1. The summed E-state index contributed by atoms with van der Waals surface area (Å²) in [7, 11) is 0.985. The minimum atomic E-state index is -1.74. The van der Waals surface area contributed by atoms with Crippen molar-refractivity contribution >= 4 is 23.3 Å². The van der Waals surface area contributed by atoms with Crippen molar-refractivity contribution in [2.75, 3.05) is 17.7 Å². The molecule has 1 aliphatic rings. The number of benzene rings is 1. The average Bonchev–Trinajstić information content (AvgIpc) is 2.83. The summed E-state index contributed by atoms with van der Waals surface area (Å²) in [6, 6.07) is 2.25. The largest absolute Gasteiger partial charge is 0.491 e. The number of methoxy groups -OCH3 is 1. The molecule has 0 aliphatic carbocycles. The molecule has 0 unspecified atom stereocenters. The van der Waals surface area contributed by atoms with Gasteiger partial charge in [-0.25, -0.2) is 18.5 Å². The van der Waals surface area contributed by atoms with E-state index in [1.165, 1.54) is 26.2 Å². The Morgan fingerprint density at radius 3 is 2.29 bits per heavy atom. The fraction of sp³-hybridized carbons (Fsp3) is 0.278. The average molecular weight is 394 g/mol. The molecule has 2 heterocycles. The molecule has 1 aliphatic heterocycles. The highest BCUT2D eigenvalue weighted by Crippen LogP contribution is 2.42. The van der Waals surface area contributed by atoms with E-state index in [9.17, 15) is 22.8 Å². The number of nitrogens with two attached hydrogens (primary N) is 1. The second-order valence-electron chi connectivity index (χ2n) is 6.66. The van der Waals surface area contributed by atoms with E-state index in [1.54, 1.807) is 12.1 Å². The van der Waals surface area contributed by atoms with Crippen molar-refractivity contribution in [3.63, 3.8) is 0 Å². The summed E-state index contributed by atoms with van der Waals surface area (Å²) < 4.78 is 48.1. The Morgan fingerprint density at radius 2 is 1.71 bits per heavy atom. The van der Waals surface area contributed by atoms with E-state index in [4.69, 9.17) is 5.73 Å². The molecule has 1 fully saturated rings. The molecule has 7 nitrogen and oxygen atoms in total. The number of imide groups is 1. The van der Waals surface area contributed by atoms with Crippen LogP contribution in [0.15, 0.2) is 24.5 Å². The van der Waals surface area contributed by atoms with Gasteiger partial charge in [0.1, 0.15) is 16.9 Å². The first kappa shape index (κ1) is 19.5. The molecule has 0 saturated carbocycles. The highest BCUT2D eigenvalue weighted by Gasteiger charge is 2.53. The molecule has 1 saturated heterocycles. The van der Waals surface area contributed by atoms with E-state index in [0.717, 1.165) is 12.0 Å². The number of carbonyl (C=O) groups excluding carboxylic acids is 2. The van der Waals surface area contributed by atoms with Gasteiger partial charge in [0, 0.05) is 18.9 Å². The molecular weight excluding hydrogens is 377 g/mol. The third-order valence-electron chi connectivity index (χ3n) is 4.63. The Labute approximate surface area is 158 Å². The third kappa shape index (κ3) is 2.72. The minimum Gasteiger partial charge on any atom is -0.491 e. The fourth-order valence-electron chi connectivity index (χ4n) is 3.01. The zero-order valence-corrected chi connectivity index (χ0v) is 15.3. The minimum absolute atomic E-state index is 0.0199. The maximum absolute atomic E-state index is 14.7. The molecule has 3 rings (SSSR count). The first-order chi connectivity index (χ1) is 13.1. The van der Waals surface area contributed by atoms with Gasteiger partial charge in [-0.15, -0.1) is 0 Å². The van der Waals surface area contributed by atoms with Crippen LogP contribution in [0, 0.1) is 17.5 Å². The maximum Gasteiger partial charge on any atom is 0.332 e. The number of aromatic nitrogens is 1. The Bertz CT molecular complexity index is 937. The first-order valence-electron chi connectivity index (χ1n) is 8.17. The molecule has 28 heavy (non-hydrogen) atoms. The molecular formula is C18H17F3N4O3. The van der Waals surface area contributed by atoms with Gasteiger partial charge < -0.3 is 15.4 Å². The van der Waals surface area contributed by atoms with Crippen molar-refractivity contribution in [3.05, 3.63) is 47.5 Å². The Kier molecular flexibility index (Phi) is 4.66. The number of ether oxygens (including phenoxy) is 1. The van der Waals surface area contributed by atoms with Gasteiger partial charge in [0.25, 0.3) is 5.91 Å². The molecule has 0 bridgehead atoms. The van der Waals surface area contributed by atoms with Crippen molar-refractivity contribution in [2.24, 2.45) is 0 Å². The molecule has 1 aromatic carbocycles. The molecule has 3 amide bonds. The van der Waals surface area contributed by atoms with Crippen molar-refractivity contribution in [3.8, 4) is 5.75 Å². The molecule has 1 aromatic heterocycles. The van der Waals surface area contributed by atoms with Crippen LogP contribution in [0.1, 0.15) is 19.4 Å². The monoisotopic (exact) mass is 394 g/mol. The number of nitrogens with zero attached hydrogens (tertiary/aromatic N) is 3. The normalized spacial score (nSPS) is 16.1. The van der Waals surface area contributed by atoms with Gasteiger partial charge in [-0.1, -0.05) is 0 Å². The SMILES string of the molecule is COc1c(N)c(F)c(N2C(=O)N(Cc3ccncc3)C(C)(C)C2=O)c(F)c1F. The van der Waals surface area contributed by atoms with Gasteiger partial charge in [-0.2, -0.15) is 4.39 Å². The van der Waals surface area contributed by atoms with E-state index in [2.05, 4.69) is 9.72 Å². The summed E-state index contributed by atoms with van der Waals surface area (Å²) in [6.07, 6.45) is 3.00. The highest BCUT2D eigenvalue weighted by atomic mass is 19.2. The Morgan fingerprint density at radius 1 is 1.11 bits per heavy atom. The second kappa shape index (κ2) is 6.70. The van der Waals surface area contributed by atoms with Crippen LogP contribution in [-0.2, 0) is 11.3 Å². The van der Waals surface area contributed by atoms with Crippen LogP contribution in [0.5, 0.6) is 5.75 Å². The van der Waals surface area contributed by atoms with Crippen LogP contribution in [0.4, 0.5) is 29.3 Å². The van der Waals surface area contributed by atoms with Gasteiger partial charge in [-0.3, -0.25) is 9.78 Å². The molecule has 0 radical (unpaired) electrons. The summed E-state index contributed by atoms with van der Waals surface area (Å²) >= 11 is 0. The zero-order valence-electron chi connectivity index (χ0n) is 15.3. The molecule has 148 valence electrons. The van der Waals surface area contributed by atoms with E-state index in [-0.39, 0.29) is 11.4 Å². The molecule has 0 atom stereocenters. The molecule has 2 aromatic rings. The van der Waals surface area contributed by atoms with E-state index in [0.29, 0.717) is 5.56 Å². The predicted octanol–water partition coefficient (Wildman–Crippen LogP) is 2.84. The maximum atomic E-state index is 14.7. The number of halogens is 3. The number of pyridine rings is 1. The van der Waals surface area contributed by atoms with Crippen LogP contribution in [-0.4, -0.2) is 34.5 Å². The van der Waals surface area contributed by atoms with E-state index < -0.39 is 52.1 Å². The topological polar surface area (TPSA) is 88.8 Å². The number of anilines is 2. The molecule has 10 heteroatoms. The number of urea groups is 1. The van der Waals surface area contributed by atoms with Crippen LogP contribution < -0.4 is 15.4 Å². The lowest BCUT2D eigenvalue weighted by atomic mass is 10.0. The lowest BCUT2D eigenvalue weighted by Crippen LogP contribution is -2.43. The first-order valence-corrected chi connectivity index (χ1v) is 8.17. The summed E-state index contributed by atoms with van der Waals surface area (Å²) in [4.78, 5) is 31.0. The number of hydrogen-bond acceptors (Lipinski definition) is 5. The standard InChI is InChI=1S/C18H17F3N4O3/c1-18(2)16(26)25(17(27)24(18)8-9-4-6-23-7-5-9)14-10(19)11(20)15(28-3)13(22)12(14)21/h4-7H,8,22H2,1-3H3. The number of rotatable bonds is 4. The van der Waals surface area contributed by atoms with Gasteiger partial charge in [-0.05, 0) is 31.5 Å². The fourth-order valence-corrected chi connectivity index (χ4v) is 3.01. The second-order valence-corrected chi connectivity index (χ2v) is 6.66. The lowest BCUT2D eigenvalue weighted by molar-refractivity contribution is -0.123. The number of amides is 3. The van der Waals surface area contributed by atoms with Crippen molar-refractivity contribution in [1.82, 2.24) is 9.88 Å². The summed E-state index contributed by atoms with van der Waals surface area (Å²) in [5.41, 5.74) is 2.66. The van der Waals surface area contributed by atoms with Crippen molar-refractivity contribution < 1.29 is 27.5 Å². The third-order valence-corrected chi connectivity index (χ3v) is 4.63. The zero-order chi connectivity index (χ0) is 20.8. The molecule has 0 spiro atoms. The van der Waals surface area contributed by atoms with Gasteiger partial charge >= 0.3 is 6.03 Å². The van der Waals surface area contributed by atoms with E-state index in [1.807, 2.05) is 0 Å².